The number of esters is 2. The van der Waals surface area contributed by atoms with Gasteiger partial charge in [0, 0.05) is 11.6 Å². The number of hydrogen-bond donors (Lipinski definition) is 0. The topological polar surface area (TPSA) is 61.8 Å². The number of ether oxygens (including phenoxy) is 3. The van der Waals surface area contributed by atoms with Gasteiger partial charge in [-0.3, -0.25) is 0 Å². The molecule has 0 fully saturated rings. The maximum atomic E-state index is 11.9. The second kappa shape index (κ2) is 8.68. The molecule has 5 nitrogen and oxygen atoms in total. The van der Waals surface area contributed by atoms with E-state index in [4.69, 9.17) is 9.47 Å². The number of benzene rings is 2. The molecule has 0 spiro atoms. The van der Waals surface area contributed by atoms with Crippen LogP contribution in [-0.4, -0.2) is 26.2 Å². The highest BCUT2D eigenvalue weighted by Crippen LogP contribution is 2.20. The van der Waals surface area contributed by atoms with Gasteiger partial charge >= 0.3 is 11.9 Å². The molecule has 2 rings (SSSR count). The summed E-state index contributed by atoms with van der Waals surface area (Å²) >= 11 is 0. The van der Waals surface area contributed by atoms with Crippen molar-refractivity contribution in [3.63, 3.8) is 0 Å². The second-order valence-corrected chi connectivity index (χ2v) is 5.37. The van der Waals surface area contributed by atoms with E-state index in [1.54, 1.807) is 37.5 Å². The Morgan fingerprint density at radius 1 is 1.04 bits per heavy atom. The highest BCUT2D eigenvalue weighted by atomic mass is 16.5. The molecule has 0 atom stereocenters. The Morgan fingerprint density at radius 2 is 1.76 bits per heavy atom. The van der Waals surface area contributed by atoms with Gasteiger partial charge < -0.3 is 14.2 Å². The molecule has 0 heterocycles. The van der Waals surface area contributed by atoms with Gasteiger partial charge in [0.25, 0.3) is 0 Å². The SMILES string of the molecule is COC(=O)c1ccc(/C=C/C(=O)OCc2cc(C)ccc2OC)cc1. The van der Waals surface area contributed by atoms with Gasteiger partial charge in [0.1, 0.15) is 12.4 Å². The van der Waals surface area contributed by atoms with Gasteiger partial charge in [-0.05, 0) is 42.8 Å². The minimum atomic E-state index is -0.458. The van der Waals surface area contributed by atoms with Crippen molar-refractivity contribution >= 4 is 18.0 Å². The van der Waals surface area contributed by atoms with Crippen LogP contribution in [0.5, 0.6) is 5.75 Å². The Labute approximate surface area is 146 Å². The van der Waals surface area contributed by atoms with Gasteiger partial charge in [0.05, 0.1) is 19.8 Å². The van der Waals surface area contributed by atoms with Crippen molar-refractivity contribution in [2.24, 2.45) is 0 Å². The number of carbonyl (C=O) groups excluding carboxylic acids is 2. The maximum absolute atomic E-state index is 11.9. The summed E-state index contributed by atoms with van der Waals surface area (Å²) in [5.41, 5.74) is 3.10. The average molecular weight is 340 g/mol. The van der Waals surface area contributed by atoms with E-state index >= 15 is 0 Å². The molecule has 5 heteroatoms. The van der Waals surface area contributed by atoms with Crippen LogP contribution in [-0.2, 0) is 20.9 Å². The fourth-order valence-electron chi connectivity index (χ4n) is 2.23. The van der Waals surface area contributed by atoms with Gasteiger partial charge in [-0.2, -0.15) is 0 Å². The largest absolute Gasteiger partial charge is 0.496 e. The van der Waals surface area contributed by atoms with Crippen LogP contribution < -0.4 is 4.74 Å². The van der Waals surface area contributed by atoms with Crippen molar-refractivity contribution < 1.29 is 23.8 Å². The Kier molecular flexibility index (Phi) is 6.34. The summed E-state index contributed by atoms with van der Waals surface area (Å²) in [5.74, 6) is -0.177. The second-order valence-electron chi connectivity index (χ2n) is 5.37. The first-order chi connectivity index (χ1) is 12.0. The van der Waals surface area contributed by atoms with Crippen molar-refractivity contribution in [3.8, 4) is 5.75 Å². The Morgan fingerprint density at radius 3 is 2.40 bits per heavy atom. The molecule has 2 aromatic rings. The van der Waals surface area contributed by atoms with E-state index in [0.717, 1.165) is 16.7 Å². The summed E-state index contributed by atoms with van der Waals surface area (Å²) in [6.45, 7) is 2.10. The molecule has 0 aliphatic rings. The van der Waals surface area contributed by atoms with Crippen LogP contribution in [0.25, 0.3) is 6.08 Å². The standard InChI is InChI=1S/C20H20O5/c1-14-4-10-18(23-2)17(12-14)13-25-19(21)11-7-15-5-8-16(9-6-15)20(22)24-3/h4-12H,13H2,1-3H3/b11-7+. The molecule has 0 aliphatic heterocycles. The van der Waals surface area contributed by atoms with E-state index in [-0.39, 0.29) is 6.61 Å². The predicted molar refractivity (Wildman–Crippen MR) is 94.3 cm³/mol. The fraction of sp³-hybridized carbons (Fsp3) is 0.200. The molecule has 0 amide bonds. The third-order valence-electron chi connectivity index (χ3n) is 3.55. The lowest BCUT2D eigenvalue weighted by atomic mass is 10.1. The van der Waals surface area contributed by atoms with Gasteiger partial charge in [-0.15, -0.1) is 0 Å². The molecule has 0 unspecified atom stereocenters. The first-order valence-corrected chi connectivity index (χ1v) is 7.70. The van der Waals surface area contributed by atoms with Crippen LogP contribution in [0.4, 0.5) is 0 Å². The molecule has 2 aromatic carbocycles. The van der Waals surface area contributed by atoms with Crippen molar-refractivity contribution in [1.82, 2.24) is 0 Å². The summed E-state index contributed by atoms with van der Waals surface area (Å²) in [6.07, 6.45) is 2.96. The summed E-state index contributed by atoms with van der Waals surface area (Å²) in [4.78, 5) is 23.2. The molecule has 0 aliphatic carbocycles. The van der Waals surface area contributed by atoms with Gasteiger partial charge in [-0.25, -0.2) is 9.59 Å². The first-order valence-electron chi connectivity index (χ1n) is 7.70. The first kappa shape index (κ1) is 18.3. The zero-order valence-corrected chi connectivity index (χ0v) is 14.4. The van der Waals surface area contributed by atoms with Crippen molar-refractivity contribution in [2.45, 2.75) is 13.5 Å². The summed E-state index contributed by atoms with van der Waals surface area (Å²) in [5, 5.41) is 0. The van der Waals surface area contributed by atoms with Crippen molar-refractivity contribution in [3.05, 3.63) is 70.8 Å². The Balaban J connectivity index is 1.95. The van der Waals surface area contributed by atoms with Crippen LogP contribution in [0.2, 0.25) is 0 Å². The van der Waals surface area contributed by atoms with E-state index in [1.165, 1.54) is 13.2 Å². The van der Waals surface area contributed by atoms with Crippen LogP contribution >= 0.6 is 0 Å². The van der Waals surface area contributed by atoms with E-state index in [9.17, 15) is 9.59 Å². The lowest BCUT2D eigenvalue weighted by Gasteiger charge is -2.09. The summed E-state index contributed by atoms with van der Waals surface area (Å²) in [6, 6.07) is 12.4. The molecule has 0 aromatic heterocycles. The molecule has 25 heavy (non-hydrogen) atoms. The van der Waals surface area contributed by atoms with Crippen LogP contribution in [0.3, 0.4) is 0 Å². The third-order valence-corrected chi connectivity index (χ3v) is 3.55. The summed E-state index contributed by atoms with van der Waals surface area (Å²) in [7, 11) is 2.91. The van der Waals surface area contributed by atoms with Gasteiger partial charge in [-0.1, -0.05) is 23.8 Å². The fourth-order valence-corrected chi connectivity index (χ4v) is 2.23. The van der Waals surface area contributed by atoms with Crippen molar-refractivity contribution in [1.29, 1.82) is 0 Å². The Hall–Kier alpha value is -3.08. The third kappa shape index (κ3) is 5.21. The molecule has 0 N–H and O–H groups in total. The number of carbonyl (C=O) groups is 2. The molecule has 0 saturated carbocycles. The smallest absolute Gasteiger partial charge is 0.337 e. The maximum Gasteiger partial charge on any atom is 0.337 e. The summed E-state index contributed by atoms with van der Waals surface area (Å²) < 4.78 is 15.1. The Bertz CT molecular complexity index is 775. The zero-order chi connectivity index (χ0) is 18.2. The number of hydrogen-bond acceptors (Lipinski definition) is 5. The predicted octanol–water partition coefficient (Wildman–Crippen LogP) is 3.55. The van der Waals surface area contributed by atoms with Gasteiger partial charge in [0.15, 0.2) is 0 Å². The lowest BCUT2D eigenvalue weighted by Crippen LogP contribution is -2.03. The zero-order valence-electron chi connectivity index (χ0n) is 14.4. The molecular formula is C20H20O5. The van der Waals surface area contributed by atoms with Crippen LogP contribution in [0, 0.1) is 6.92 Å². The monoisotopic (exact) mass is 340 g/mol. The highest BCUT2D eigenvalue weighted by Gasteiger charge is 2.06. The highest BCUT2D eigenvalue weighted by molar-refractivity contribution is 5.90. The minimum Gasteiger partial charge on any atom is -0.496 e. The van der Waals surface area contributed by atoms with Crippen LogP contribution in [0.1, 0.15) is 27.0 Å². The number of rotatable bonds is 6. The molecule has 0 saturated heterocycles. The quantitative estimate of drug-likeness (QED) is 0.594. The number of aryl methyl sites for hydroxylation is 1. The van der Waals surface area contributed by atoms with Crippen LogP contribution in [0.15, 0.2) is 48.5 Å². The average Bonchev–Trinajstić information content (AvgIpc) is 2.64. The molecule has 0 bridgehead atoms. The molecule has 0 radical (unpaired) electrons. The van der Waals surface area contributed by atoms with E-state index < -0.39 is 11.9 Å². The normalized spacial score (nSPS) is 10.5. The molecular weight excluding hydrogens is 320 g/mol. The minimum absolute atomic E-state index is 0.134. The number of methoxy groups -OCH3 is 2. The van der Waals surface area contributed by atoms with E-state index in [0.29, 0.717) is 11.3 Å². The van der Waals surface area contributed by atoms with E-state index in [2.05, 4.69) is 4.74 Å². The molecule has 130 valence electrons. The van der Waals surface area contributed by atoms with Gasteiger partial charge in [0.2, 0.25) is 0 Å². The van der Waals surface area contributed by atoms with E-state index in [1.807, 2.05) is 25.1 Å². The van der Waals surface area contributed by atoms with Crippen molar-refractivity contribution in [2.75, 3.05) is 14.2 Å². The lowest BCUT2D eigenvalue weighted by molar-refractivity contribution is -0.138.